The predicted octanol–water partition coefficient (Wildman–Crippen LogP) is 2.90. The van der Waals surface area contributed by atoms with Crippen molar-refractivity contribution in [2.75, 3.05) is 38.3 Å². The van der Waals surface area contributed by atoms with Crippen molar-refractivity contribution in [1.82, 2.24) is 25.1 Å². The summed E-state index contributed by atoms with van der Waals surface area (Å²) in [6.45, 7) is 6.88. The molecule has 3 aliphatic rings. The lowest BCUT2D eigenvalue weighted by Gasteiger charge is -2.33. The van der Waals surface area contributed by atoms with Crippen LogP contribution in [0.2, 0.25) is 0 Å². The Morgan fingerprint density at radius 2 is 2.15 bits per heavy atom. The van der Waals surface area contributed by atoms with Gasteiger partial charge >= 0.3 is 0 Å². The lowest BCUT2D eigenvalue weighted by atomic mass is 9.88. The van der Waals surface area contributed by atoms with E-state index >= 15 is 4.39 Å². The van der Waals surface area contributed by atoms with Gasteiger partial charge in [0, 0.05) is 37.1 Å². The number of ether oxygens (including phenoxy) is 1. The van der Waals surface area contributed by atoms with Crippen LogP contribution in [-0.2, 0) is 22.4 Å². The molecule has 0 spiro atoms. The number of carbonyl (C=O) groups excluding carboxylic acids is 1. The second-order valence-electron chi connectivity index (χ2n) is 10.1. The third-order valence-electron chi connectivity index (χ3n) is 7.94. The van der Waals surface area contributed by atoms with Crippen molar-refractivity contribution in [3.63, 3.8) is 0 Å². The highest BCUT2D eigenvalue weighted by molar-refractivity contribution is 5.98. The van der Waals surface area contributed by atoms with Gasteiger partial charge in [0.05, 0.1) is 24.8 Å². The fourth-order valence-electron chi connectivity index (χ4n) is 5.54. The average Bonchev–Trinajstić information content (AvgIpc) is 3.11. The number of carbonyl (C=O) groups is 1. The van der Waals surface area contributed by atoms with Crippen LogP contribution in [0.4, 0.5) is 10.1 Å². The van der Waals surface area contributed by atoms with Gasteiger partial charge in [0.15, 0.2) is 11.6 Å². The Kier molecular flexibility index (Phi) is 4.64. The average molecular weight is 453 g/mol. The van der Waals surface area contributed by atoms with Crippen LogP contribution in [0, 0.1) is 17.2 Å². The Morgan fingerprint density at radius 1 is 1.36 bits per heavy atom. The van der Waals surface area contributed by atoms with Gasteiger partial charge in [-0.25, -0.2) is 9.37 Å². The number of imidazole rings is 1. The highest BCUT2D eigenvalue weighted by Crippen LogP contribution is 2.59. The van der Waals surface area contributed by atoms with Gasteiger partial charge in [0.2, 0.25) is 5.91 Å². The molecule has 1 amide bonds. The number of nitrogens with zero attached hydrogens (tertiary/aromatic N) is 4. The van der Waals surface area contributed by atoms with Gasteiger partial charge in [-0.05, 0) is 49.7 Å². The maximum atomic E-state index is 15.1. The second-order valence-corrected chi connectivity index (χ2v) is 10.1. The van der Waals surface area contributed by atoms with Crippen LogP contribution < -0.4 is 4.90 Å². The first-order valence-electron chi connectivity index (χ1n) is 11.7. The summed E-state index contributed by atoms with van der Waals surface area (Å²) in [7, 11) is 1.68. The van der Waals surface area contributed by atoms with Crippen LogP contribution in [0.25, 0.3) is 22.6 Å². The maximum absolute atomic E-state index is 15.1. The summed E-state index contributed by atoms with van der Waals surface area (Å²) in [6, 6.07) is 2.85. The Labute approximate surface area is 191 Å². The van der Waals surface area contributed by atoms with Gasteiger partial charge in [-0.2, -0.15) is 5.10 Å². The molecule has 2 aliphatic carbocycles. The lowest BCUT2D eigenvalue weighted by Crippen LogP contribution is -2.50. The molecule has 174 valence electrons. The Balaban J connectivity index is 1.29. The number of benzene rings is 1. The number of nitrogens with one attached hydrogen (secondary N) is 2. The van der Waals surface area contributed by atoms with E-state index in [1.165, 1.54) is 28.6 Å². The minimum Gasteiger partial charge on any atom is -0.379 e. The van der Waals surface area contributed by atoms with E-state index in [1.807, 2.05) is 6.92 Å². The molecule has 3 heterocycles. The first-order chi connectivity index (χ1) is 15.8. The largest absolute Gasteiger partial charge is 0.379 e. The van der Waals surface area contributed by atoms with Crippen molar-refractivity contribution in [1.29, 1.82) is 0 Å². The Morgan fingerprint density at radius 3 is 2.94 bits per heavy atom. The number of likely N-dealkylation sites (N-methyl/N-ethyl adjacent to an activating group) is 1. The number of H-pyrrole nitrogens is 2. The smallest absolute Gasteiger partial charge is 0.243 e. The second kappa shape index (κ2) is 7.36. The number of rotatable bonds is 4. The number of morpholine rings is 1. The molecule has 2 fully saturated rings. The summed E-state index contributed by atoms with van der Waals surface area (Å²) in [6.07, 6.45) is 3.24. The molecular weight excluding hydrogens is 423 g/mol. The molecule has 1 aromatic carbocycles. The van der Waals surface area contributed by atoms with E-state index in [0.717, 1.165) is 18.5 Å². The molecule has 8 nitrogen and oxygen atoms in total. The van der Waals surface area contributed by atoms with Crippen molar-refractivity contribution >= 4 is 22.6 Å². The molecule has 9 heteroatoms. The zero-order valence-corrected chi connectivity index (χ0v) is 19.2. The van der Waals surface area contributed by atoms with Crippen LogP contribution in [0.3, 0.4) is 0 Å². The monoisotopic (exact) mass is 452 g/mol. The van der Waals surface area contributed by atoms with Gasteiger partial charge < -0.3 is 14.6 Å². The molecule has 0 radical (unpaired) electrons. The van der Waals surface area contributed by atoms with Gasteiger partial charge in [-0.1, -0.05) is 6.92 Å². The van der Waals surface area contributed by atoms with E-state index < -0.39 is 5.82 Å². The quantitative estimate of drug-likeness (QED) is 0.635. The number of fused-ring (bicyclic) bond motifs is 3. The van der Waals surface area contributed by atoms with Crippen molar-refractivity contribution < 1.29 is 13.9 Å². The number of hydrogen-bond donors (Lipinski definition) is 2. The molecule has 1 saturated heterocycles. The van der Waals surface area contributed by atoms with Gasteiger partial charge in [0.1, 0.15) is 11.2 Å². The highest BCUT2D eigenvalue weighted by Gasteiger charge is 2.53. The van der Waals surface area contributed by atoms with E-state index in [-0.39, 0.29) is 11.9 Å². The van der Waals surface area contributed by atoms with E-state index in [1.54, 1.807) is 13.1 Å². The zero-order chi connectivity index (χ0) is 22.9. The fourth-order valence-corrected chi connectivity index (χ4v) is 5.54. The fraction of sp³-hybridized carbons (Fsp3) is 0.542. The molecule has 0 unspecified atom stereocenters. The summed E-state index contributed by atoms with van der Waals surface area (Å²) in [5.41, 5.74) is 4.86. The highest BCUT2D eigenvalue weighted by atomic mass is 19.1. The number of halogens is 1. The molecular formula is C24H29FN6O2. The summed E-state index contributed by atoms with van der Waals surface area (Å²) >= 11 is 0. The third-order valence-corrected chi connectivity index (χ3v) is 7.94. The first-order valence-corrected chi connectivity index (χ1v) is 11.7. The van der Waals surface area contributed by atoms with E-state index in [4.69, 9.17) is 4.74 Å². The van der Waals surface area contributed by atoms with Crippen molar-refractivity contribution in [3.05, 3.63) is 29.2 Å². The number of aromatic amines is 2. The molecule has 2 aromatic heterocycles. The minimum atomic E-state index is -0.431. The first kappa shape index (κ1) is 20.8. The summed E-state index contributed by atoms with van der Waals surface area (Å²) in [4.78, 5) is 24.5. The van der Waals surface area contributed by atoms with E-state index in [2.05, 4.69) is 32.0 Å². The Bertz CT molecular complexity index is 1250. The summed E-state index contributed by atoms with van der Waals surface area (Å²) in [5.74, 6) is 0.750. The third kappa shape index (κ3) is 3.36. The standard InChI is InChI=1S/C24H29FN6O2/c1-13(31-4-6-33-7-5-31)23(32)30(3)15-9-17(25)21-18(10-15)26-22(27-21)20-16-8-14-11-24(14,2)12-19(16)28-29-20/h9-10,13-14H,4-8,11-12H2,1-3H3,(H,26,27)(H,28,29)/t13-,14+,24+/m0/s1. The molecule has 1 saturated carbocycles. The van der Waals surface area contributed by atoms with Gasteiger partial charge in [0.25, 0.3) is 0 Å². The topological polar surface area (TPSA) is 90.1 Å². The number of aromatic nitrogens is 4. The van der Waals surface area contributed by atoms with Crippen LogP contribution in [-0.4, -0.2) is 70.4 Å². The van der Waals surface area contributed by atoms with Crippen molar-refractivity contribution in [2.24, 2.45) is 11.3 Å². The van der Waals surface area contributed by atoms with Crippen LogP contribution in [0.5, 0.6) is 0 Å². The number of amides is 1. The van der Waals surface area contributed by atoms with Crippen LogP contribution >= 0.6 is 0 Å². The molecule has 1 aliphatic heterocycles. The number of anilines is 1. The van der Waals surface area contributed by atoms with Gasteiger partial charge in [-0.3, -0.25) is 14.8 Å². The zero-order valence-electron chi connectivity index (χ0n) is 19.2. The normalized spacial score (nSPS) is 25.5. The summed E-state index contributed by atoms with van der Waals surface area (Å²) < 4.78 is 20.5. The predicted molar refractivity (Wildman–Crippen MR) is 123 cm³/mol. The molecule has 2 N–H and O–H groups in total. The molecule has 3 atom stereocenters. The lowest BCUT2D eigenvalue weighted by molar-refractivity contribution is -0.124. The van der Waals surface area contributed by atoms with Gasteiger partial charge in [-0.15, -0.1) is 0 Å². The summed E-state index contributed by atoms with van der Waals surface area (Å²) in [5, 5.41) is 7.70. The minimum absolute atomic E-state index is 0.0831. The van der Waals surface area contributed by atoms with Crippen molar-refractivity contribution in [2.45, 2.75) is 39.2 Å². The number of hydrogen-bond acceptors (Lipinski definition) is 5. The molecule has 6 rings (SSSR count). The van der Waals surface area contributed by atoms with Crippen LogP contribution in [0.15, 0.2) is 12.1 Å². The SMILES string of the molecule is C[C@@H](C(=O)N(C)c1cc(F)c2[nH]c(-c3n[nH]c4c3C[C@@H]3C[C@]3(C)C4)nc2c1)N1CCOCC1. The Hall–Kier alpha value is -2.78. The maximum Gasteiger partial charge on any atom is 0.243 e. The van der Waals surface area contributed by atoms with E-state index in [9.17, 15) is 4.79 Å². The van der Waals surface area contributed by atoms with Crippen LogP contribution in [0.1, 0.15) is 31.5 Å². The molecule has 33 heavy (non-hydrogen) atoms. The van der Waals surface area contributed by atoms with E-state index in [0.29, 0.717) is 60.2 Å². The molecule has 3 aromatic rings. The molecule has 0 bridgehead atoms. The van der Waals surface area contributed by atoms with Crippen molar-refractivity contribution in [3.8, 4) is 11.5 Å².